The lowest BCUT2D eigenvalue weighted by atomic mass is 9.97. The van der Waals surface area contributed by atoms with Crippen LogP contribution in [0.3, 0.4) is 0 Å². The zero-order chi connectivity index (χ0) is 12.6. The highest BCUT2D eigenvalue weighted by Crippen LogP contribution is 2.30. The zero-order valence-corrected chi connectivity index (χ0v) is 9.03. The first-order valence-electron chi connectivity index (χ1n) is 5.01. The number of benzene rings is 1. The molecule has 5 heteroatoms. The predicted molar refractivity (Wildman–Crippen MR) is 57.6 cm³/mol. The molecule has 4 nitrogen and oxygen atoms in total. The Balaban J connectivity index is 2.52. The molecule has 0 saturated carbocycles. The molecule has 1 aromatic rings. The average Bonchev–Trinajstić information content (AvgIpc) is 2.56. The van der Waals surface area contributed by atoms with E-state index in [1.54, 1.807) is 6.07 Å². The van der Waals surface area contributed by atoms with E-state index >= 15 is 0 Å². The molecule has 0 fully saturated rings. The molecule has 1 heterocycles. The summed E-state index contributed by atoms with van der Waals surface area (Å²) in [5.74, 6) is -2.39. The number of carbonyl (C=O) groups is 2. The highest BCUT2D eigenvalue weighted by atomic mass is 19.1. The van der Waals surface area contributed by atoms with Crippen LogP contribution in [0.15, 0.2) is 35.6 Å². The number of halogens is 1. The molecule has 1 aliphatic rings. The van der Waals surface area contributed by atoms with Crippen LogP contribution >= 0.6 is 0 Å². The summed E-state index contributed by atoms with van der Waals surface area (Å²) in [6, 6.07) is 4.88. The summed E-state index contributed by atoms with van der Waals surface area (Å²) in [6.45, 7) is 1.22. The SMILES string of the molecule is CC(=O)C1=C(O)C(=O)NC1c1ccccc1F. The molecule has 1 amide bonds. The maximum Gasteiger partial charge on any atom is 0.287 e. The van der Waals surface area contributed by atoms with E-state index in [0.29, 0.717) is 0 Å². The van der Waals surface area contributed by atoms with Gasteiger partial charge < -0.3 is 10.4 Å². The Labute approximate surface area is 96.8 Å². The van der Waals surface area contributed by atoms with Crippen molar-refractivity contribution >= 4 is 11.7 Å². The normalized spacial score (nSPS) is 19.4. The third-order valence-corrected chi connectivity index (χ3v) is 2.63. The molecular formula is C12H10FNO3. The summed E-state index contributed by atoms with van der Waals surface area (Å²) in [5.41, 5.74) is 0.0650. The fourth-order valence-corrected chi connectivity index (χ4v) is 1.84. The van der Waals surface area contributed by atoms with Crippen LogP contribution in [0.25, 0.3) is 0 Å². The fraction of sp³-hybridized carbons (Fsp3) is 0.167. The monoisotopic (exact) mass is 235 g/mol. The van der Waals surface area contributed by atoms with Crippen LogP contribution in [0.1, 0.15) is 18.5 Å². The highest BCUT2D eigenvalue weighted by Gasteiger charge is 2.36. The Morgan fingerprint density at radius 3 is 2.65 bits per heavy atom. The van der Waals surface area contributed by atoms with Crippen LogP contribution in [0.5, 0.6) is 0 Å². The molecule has 0 radical (unpaired) electrons. The first kappa shape index (κ1) is 11.3. The van der Waals surface area contributed by atoms with Gasteiger partial charge in [0.05, 0.1) is 11.6 Å². The highest BCUT2D eigenvalue weighted by molar-refractivity contribution is 6.08. The van der Waals surface area contributed by atoms with Crippen molar-refractivity contribution in [1.82, 2.24) is 5.32 Å². The quantitative estimate of drug-likeness (QED) is 0.814. The van der Waals surface area contributed by atoms with E-state index in [1.165, 1.54) is 25.1 Å². The van der Waals surface area contributed by atoms with Crippen LogP contribution in [-0.2, 0) is 9.59 Å². The van der Waals surface area contributed by atoms with E-state index in [1.807, 2.05) is 0 Å². The van der Waals surface area contributed by atoms with E-state index in [9.17, 15) is 19.1 Å². The Kier molecular flexibility index (Phi) is 2.67. The molecule has 0 aromatic heterocycles. The van der Waals surface area contributed by atoms with Crippen molar-refractivity contribution in [2.75, 3.05) is 0 Å². The Morgan fingerprint density at radius 1 is 1.41 bits per heavy atom. The van der Waals surface area contributed by atoms with Crippen LogP contribution in [0, 0.1) is 5.82 Å². The topological polar surface area (TPSA) is 66.4 Å². The Hall–Kier alpha value is -2.17. The van der Waals surface area contributed by atoms with Crippen molar-refractivity contribution < 1.29 is 19.1 Å². The van der Waals surface area contributed by atoms with Crippen LogP contribution in [0.4, 0.5) is 4.39 Å². The van der Waals surface area contributed by atoms with Crippen molar-refractivity contribution in [1.29, 1.82) is 0 Å². The van der Waals surface area contributed by atoms with Gasteiger partial charge in [0.25, 0.3) is 5.91 Å². The minimum absolute atomic E-state index is 0.0971. The summed E-state index contributed by atoms with van der Waals surface area (Å²) >= 11 is 0. The lowest BCUT2D eigenvalue weighted by molar-refractivity contribution is -0.119. The second-order valence-electron chi connectivity index (χ2n) is 3.75. The van der Waals surface area contributed by atoms with Crippen LogP contribution in [0.2, 0.25) is 0 Å². The molecular weight excluding hydrogens is 225 g/mol. The third kappa shape index (κ3) is 1.80. The van der Waals surface area contributed by atoms with E-state index < -0.39 is 29.3 Å². The minimum Gasteiger partial charge on any atom is -0.503 e. The smallest absolute Gasteiger partial charge is 0.287 e. The van der Waals surface area contributed by atoms with Crippen molar-refractivity contribution in [3.63, 3.8) is 0 Å². The van der Waals surface area contributed by atoms with Gasteiger partial charge in [-0.3, -0.25) is 9.59 Å². The Bertz CT molecular complexity index is 536. The lowest BCUT2D eigenvalue weighted by Crippen LogP contribution is -2.23. The first-order chi connectivity index (χ1) is 8.02. The van der Waals surface area contributed by atoms with Crippen molar-refractivity contribution in [3.05, 3.63) is 47.0 Å². The second kappa shape index (κ2) is 4.01. The van der Waals surface area contributed by atoms with Gasteiger partial charge in [0.15, 0.2) is 11.5 Å². The number of Topliss-reactive ketones (excluding diaryl/α,β-unsaturated/α-hetero) is 1. The van der Waals surface area contributed by atoms with Gasteiger partial charge in [-0.1, -0.05) is 18.2 Å². The fourth-order valence-electron chi connectivity index (χ4n) is 1.84. The molecule has 0 aliphatic carbocycles. The van der Waals surface area contributed by atoms with E-state index in [-0.39, 0.29) is 11.1 Å². The molecule has 2 rings (SSSR count). The lowest BCUT2D eigenvalue weighted by Gasteiger charge is -2.13. The van der Waals surface area contributed by atoms with Gasteiger partial charge in [-0.2, -0.15) is 0 Å². The van der Waals surface area contributed by atoms with E-state index in [2.05, 4.69) is 5.32 Å². The molecule has 0 spiro atoms. The van der Waals surface area contributed by atoms with Gasteiger partial charge in [0.2, 0.25) is 0 Å². The zero-order valence-electron chi connectivity index (χ0n) is 9.03. The van der Waals surface area contributed by atoms with Gasteiger partial charge in [-0.05, 0) is 13.0 Å². The van der Waals surface area contributed by atoms with Crippen molar-refractivity contribution in [3.8, 4) is 0 Å². The summed E-state index contributed by atoms with van der Waals surface area (Å²) in [7, 11) is 0. The number of nitrogens with one attached hydrogen (secondary N) is 1. The third-order valence-electron chi connectivity index (χ3n) is 2.63. The van der Waals surface area contributed by atoms with Crippen molar-refractivity contribution in [2.24, 2.45) is 0 Å². The van der Waals surface area contributed by atoms with E-state index in [0.717, 1.165) is 0 Å². The van der Waals surface area contributed by atoms with E-state index in [4.69, 9.17) is 0 Å². The van der Waals surface area contributed by atoms with Gasteiger partial charge >= 0.3 is 0 Å². The molecule has 1 atom stereocenters. The van der Waals surface area contributed by atoms with Crippen LogP contribution < -0.4 is 5.32 Å². The summed E-state index contributed by atoms with van der Waals surface area (Å²) < 4.78 is 13.6. The standard InChI is InChI=1S/C12H10FNO3/c1-6(15)9-10(14-12(17)11(9)16)7-4-2-3-5-8(7)13/h2-5,10,16H,1H3,(H,14,17). The predicted octanol–water partition coefficient (Wildman–Crippen LogP) is 1.40. The minimum atomic E-state index is -0.916. The summed E-state index contributed by atoms with van der Waals surface area (Å²) in [4.78, 5) is 22.7. The van der Waals surface area contributed by atoms with Gasteiger partial charge in [0, 0.05) is 5.56 Å². The Morgan fingerprint density at radius 2 is 2.06 bits per heavy atom. The number of rotatable bonds is 2. The summed E-state index contributed by atoms with van der Waals surface area (Å²) in [5, 5.41) is 11.8. The molecule has 88 valence electrons. The number of aliphatic hydroxyl groups is 1. The van der Waals surface area contributed by atoms with Crippen molar-refractivity contribution in [2.45, 2.75) is 13.0 Å². The maximum atomic E-state index is 13.6. The molecule has 17 heavy (non-hydrogen) atoms. The molecule has 0 saturated heterocycles. The molecule has 2 N–H and O–H groups in total. The molecule has 0 bridgehead atoms. The largest absolute Gasteiger partial charge is 0.503 e. The molecule has 1 unspecified atom stereocenters. The second-order valence-corrected chi connectivity index (χ2v) is 3.75. The van der Waals surface area contributed by atoms with Crippen LogP contribution in [-0.4, -0.2) is 16.8 Å². The number of carbonyl (C=O) groups excluding carboxylic acids is 2. The van der Waals surface area contributed by atoms with Gasteiger partial charge in [0.1, 0.15) is 5.82 Å². The molecule has 1 aromatic carbocycles. The van der Waals surface area contributed by atoms with Gasteiger partial charge in [-0.15, -0.1) is 0 Å². The average molecular weight is 235 g/mol. The number of amides is 1. The molecule has 1 aliphatic heterocycles. The summed E-state index contributed by atoms with van der Waals surface area (Å²) in [6.07, 6.45) is 0. The first-order valence-corrected chi connectivity index (χ1v) is 5.01. The number of ketones is 1. The number of hydrogen-bond acceptors (Lipinski definition) is 3. The number of hydrogen-bond donors (Lipinski definition) is 2. The maximum absolute atomic E-state index is 13.6. The van der Waals surface area contributed by atoms with Gasteiger partial charge in [-0.25, -0.2) is 4.39 Å². The number of aliphatic hydroxyl groups excluding tert-OH is 1.